The van der Waals surface area contributed by atoms with E-state index in [9.17, 15) is 4.79 Å². The largest absolute Gasteiger partial charge is 0.369 e. The fourth-order valence-corrected chi connectivity index (χ4v) is 2.38. The number of hydrogen-bond donors (Lipinski definition) is 2. The maximum absolute atomic E-state index is 12.1. The molecule has 0 bridgehead atoms. The number of amides is 1. The Bertz CT molecular complexity index is 628. The lowest BCUT2D eigenvalue weighted by atomic mass is 10.1. The van der Waals surface area contributed by atoms with Crippen LogP contribution >= 0.6 is 0 Å². The van der Waals surface area contributed by atoms with Gasteiger partial charge in [-0.15, -0.1) is 0 Å². The van der Waals surface area contributed by atoms with E-state index in [0.29, 0.717) is 18.1 Å². The van der Waals surface area contributed by atoms with Gasteiger partial charge in [0.25, 0.3) is 5.91 Å². The topological polar surface area (TPSA) is 70.2 Å². The van der Waals surface area contributed by atoms with Crippen LogP contribution in [0.2, 0.25) is 0 Å². The molecule has 0 saturated carbocycles. The number of carbonyl (C=O) groups excluding carboxylic acids is 1. The number of benzene rings is 1. The van der Waals surface area contributed by atoms with Crippen LogP contribution in [0.3, 0.4) is 0 Å². The molecule has 0 aliphatic rings. The smallest absolute Gasteiger partial charge is 0.271 e. The first-order chi connectivity index (χ1) is 12.1. The maximum atomic E-state index is 12.1. The molecule has 134 valence electrons. The highest BCUT2D eigenvalue weighted by atomic mass is 16.1. The highest BCUT2D eigenvalue weighted by Gasteiger charge is 2.07. The number of anilines is 1. The third-order valence-corrected chi connectivity index (χ3v) is 3.74. The summed E-state index contributed by atoms with van der Waals surface area (Å²) in [6.07, 6.45) is 5.99. The lowest BCUT2D eigenvalue weighted by molar-refractivity contribution is 0.0948. The highest BCUT2D eigenvalue weighted by Crippen LogP contribution is 2.03. The average Bonchev–Trinajstić information content (AvgIpc) is 2.63. The van der Waals surface area contributed by atoms with Gasteiger partial charge >= 0.3 is 0 Å². The van der Waals surface area contributed by atoms with Crippen LogP contribution in [0.15, 0.2) is 42.7 Å². The molecule has 0 unspecified atom stereocenters. The second kappa shape index (κ2) is 10.4. The van der Waals surface area contributed by atoms with Crippen LogP contribution < -0.4 is 10.6 Å². The van der Waals surface area contributed by atoms with Gasteiger partial charge in [0, 0.05) is 13.1 Å². The second-order valence-electron chi connectivity index (χ2n) is 6.22. The number of aryl methyl sites for hydroxylation is 1. The molecule has 25 heavy (non-hydrogen) atoms. The van der Waals surface area contributed by atoms with Gasteiger partial charge < -0.3 is 15.5 Å². The molecule has 6 heteroatoms. The molecule has 2 aromatic rings. The first kappa shape index (κ1) is 18.9. The van der Waals surface area contributed by atoms with E-state index < -0.39 is 0 Å². The predicted octanol–water partition coefficient (Wildman–Crippen LogP) is 2.20. The first-order valence-corrected chi connectivity index (χ1v) is 8.68. The number of hydrogen-bond acceptors (Lipinski definition) is 5. The van der Waals surface area contributed by atoms with E-state index in [1.807, 2.05) is 32.3 Å². The van der Waals surface area contributed by atoms with Crippen molar-refractivity contribution in [3.63, 3.8) is 0 Å². The van der Waals surface area contributed by atoms with Crippen LogP contribution in [-0.2, 0) is 6.42 Å². The average molecular weight is 341 g/mol. The minimum atomic E-state index is -0.181. The summed E-state index contributed by atoms with van der Waals surface area (Å²) in [5, 5.41) is 6.09. The van der Waals surface area contributed by atoms with E-state index in [-0.39, 0.29) is 5.91 Å². The van der Waals surface area contributed by atoms with Crippen molar-refractivity contribution in [3.8, 4) is 0 Å². The third kappa shape index (κ3) is 7.30. The molecule has 1 aromatic carbocycles. The fourth-order valence-electron chi connectivity index (χ4n) is 2.38. The molecule has 2 rings (SSSR count). The van der Waals surface area contributed by atoms with E-state index in [0.717, 1.165) is 32.4 Å². The van der Waals surface area contributed by atoms with Gasteiger partial charge in [-0.05, 0) is 45.5 Å². The summed E-state index contributed by atoms with van der Waals surface area (Å²) in [5.41, 5.74) is 1.62. The molecule has 0 aliphatic heterocycles. The van der Waals surface area contributed by atoms with Crippen LogP contribution in [0.5, 0.6) is 0 Å². The molecule has 1 aromatic heterocycles. The fraction of sp³-hybridized carbons (Fsp3) is 0.421. The molecule has 1 heterocycles. The normalized spacial score (nSPS) is 10.7. The Kier molecular flexibility index (Phi) is 7.85. The molecule has 0 saturated heterocycles. The van der Waals surface area contributed by atoms with E-state index in [4.69, 9.17) is 0 Å². The number of aromatic nitrogens is 2. The number of rotatable bonds is 10. The van der Waals surface area contributed by atoms with Crippen LogP contribution in [0.4, 0.5) is 5.82 Å². The molecular formula is C19H27N5O. The lowest BCUT2D eigenvalue weighted by Gasteiger charge is -2.10. The molecule has 0 atom stereocenters. The summed E-state index contributed by atoms with van der Waals surface area (Å²) in [6.45, 7) is 2.47. The zero-order valence-corrected chi connectivity index (χ0v) is 15.0. The van der Waals surface area contributed by atoms with Crippen molar-refractivity contribution in [3.05, 3.63) is 54.0 Å². The van der Waals surface area contributed by atoms with Gasteiger partial charge in [-0.1, -0.05) is 30.3 Å². The van der Waals surface area contributed by atoms with Crippen molar-refractivity contribution in [2.24, 2.45) is 0 Å². The SMILES string of the molecule is CN(C)CCCNc1cnc(C(=O)NCCCc2ccccc2)cn1. The summed E-state index contributed by atoms with van der Waals surface area (Å²) in [4.78, 5) is 22.6. The Morgan fingerprint density at radius 1 is 1.04 bits per heavy atom. The van der Waals surface area contributed by atoms with Crippen molar-refractivity contribution < 1.29 is 4.79 Å². The van der Waals surface area contributed by atoms with Gasteiger partial charge in [-0.25, -0.2) is 9.97 Å². The summed E-state index contributed by atoms with van der Waals surface area (Å²) < 4.78 is 0. The molecule has 2 N–H and O–H groups in total. The van der Waals surface area contributed by atoms with Crippen molar-refractivity contribution in [2.45, 2.75) is 19.3 Å². The third-order valence-electron chi connectivity index (χ3n) is 3.74. The van der Waals surface area contributed by atoms with Crippen molar-refractivity contribution >= 4 is 11.7 Å². The molecule has 0 fully saturated rings. The number of nitrogens with zero attached hydrogens (tertiary/aromatic N) is 3. The zero-order valence-electron chi connectivity index (χ0n) is 15.0. The number of carbonyl (C=O) groups is 1. The Morgan fingerprint density at radius 3 is 2.52 bits per heavy atom. The monoisotopic (exact) mass is 341 g/mol. The van der Waals surface area contributed by atoms with Crippen LogP contribution in [0.25, 0.3) is 0 Å². The van der Waals surface area contributed by atoms with Gasteiger partial charge in [0.05, 0.1) is 12.4 Å². The number of nitrogens with one attached hydrogen (secondary N) is 2. The highest BCUT2D eigenvalue weighted by molar-refractivity contribution is 5.91. The van der Waals surface area contributed by atoms with Crippen molar-refractivity contribution in [2.75, 3.05) is 39.0 Å². The zero-order chi connectivity index (χ0) is 17.9. The first-order valence-electron chi connectivity index (χ1n) is 8.68. The van der Waals surface area contributed by atoms with Crippen LogP contribution in [-0.4, -0.2) is 54.5 Å². The minimum Gasteiger partial charge on any atom is -0.369 e. The van der Waals surface area contributed by atoms with Gasteiger partial charge in [-0.3, -0.25) is 4.79 Å². The second-order valence-corrected chi connectivity index (χ2v) is 6.22. The Balaban J connectivity index is 1.67. The summed E-state index contributed by atoms with van der Waals surface area (Å²) in [6, 6.07) is 10.2. The Labute approximate surface area is 149 Å². The Morgan fingerprint density at radius 2 is 1.84 bits per heavy atom. The van der Waals surface area contributed by atoms with Crippen LogP contribution in [0.1, 0.15) is 28.9 Å². The molecular weight excluding hydrogens is 314 g/mol. The van der Waals surface area contributed by atoms with Crippen molar-refractivity contribution in [1.82, 2.24) is 20.2 Å². The molecule has 0 aliphatic carbocycles. The van der Waals surface area contributed by atoms with Crippen LogP contribution in [0, 0.1) is 0 Å². The molecule has 0 spiro atoms. The Hall–Kier alpha value is -2.47. The predicted molar refractivity (Wildman–Crippen MR) is 101 cm³/mol. The van der Waals surface area contributed by atoms with E-state index >= 15 is 0 Å². The molecule has 0 radical (unpaired) electrons. The van der Waals surface area contributed by atoms with E-state index in [2.05, 4.69) is 37.6 Å². The minimum absolute atomic E-state index is 0.181. The van der Waals surface area contributed by atoms with Gasteiger partial charge in [-0.2, -0.15) is 0 Å². The summed E-state index contributed by atoms with van der Waals surface area (Å²) in [7, 11) is 4.10. The molecule has 1 amide bonds. The standard InChI is InChI=1S/C19H27N5O/c1-24(2)13-7-12-20-18-15-22-17(14-23-18)19(25)21-11-6-10-16-8-4-3-5-9-16/h3-5,8-9,14-15H,6-7,10-13H2,1-2H3,(H,20,23)(H,21,25). The quantitative estimate of drug-likeness (QED) is 0.648. The summed E-state index contributed by atoms with van der Waals surface area (Å²) >= 11 is 0. The van der Waals surface area contributed by atoms with E-state index in [1.54, 1.807) is 6.20 Å². The maximum Gasteiger partial charge on any atom is 0.271 e. The summed E-state index contributed by atoms with van der Waals surface area (Å²) in [5.74, 6) is 0.513. The van der Waals surface area contributed by atoms with Gasteiger partial charge in [0.2, 0.25) is 0 Å². The van der Waals surface area contributed by atoms with Gasteiger partial charge in [0.1, 0.15) is 11.5 Å². The lowest BCUT2D eigenvalue weighted by Crippen LogP contribution is -2.26. The van der Waals surface area contributed by atoms with E-state index in [1.165, 1.54) is 11.8 Å². The van der Waals surface area contributed by atoms with Gasteiger partial charge in [0.15, 0.2) is 0 Å². The van der Waals surface area contributed by atoms with Crippen molar-refractivity contribution in [1.29, 1.82) is 0 Å². The molecule has 6 nitrogen and oxygen atoms in total.